The van der Waals surface area contributed by atoms with Crippen molar-refractivity contribution in [1.29, 1.82) is 0 Å². The van der Waals surface area contributed by atoms with E-state index in [-0.39, 0.29) is 12.2 Å². The van der Waals surface area contributed by atoms with Crippen LogP contribution in [-0.4, -0.2) is 36.5 Å². The van der Waals surface area contributed by atoms with Gasteiger partial charge in [0, 0.05) is 12.6 Å². The number of ether oxygens (including phenoxy) is 1. The lowest BCUT2D eigenvalue weighted by molar-refractivity contribution is 0.00372. The number of aliphatic hydroxyl groups is 1. The van der Waals surface area contributed by atoms with E-state index in [0.29, 0.717) is 25.1 Å². The van der Waals surface area contributed by atoms with Crippen molar-refractivity contribution in [1.82, 2.24) is 5.32 Å². The van der Waals surface area contributed by atoms with Crippen molar-refractivity contribution in [2.45, 2.75) is 65.2 Å². The van der Waals surface area contributed by atoms with Crippen LogP contribution in [0.25, 0.3) is 0 Å². The molecule has 4 atom stereocenters. The summed E-state index contributed by atoms with van der Waals surface area (Å²) in [5.74, 6) is 1.51. The van der Waals surface area contributed by atoms with E-state index < -0.39 is 0 Å². The minimum atomic E-state index is -0.387. The number of nitrogens with one attached hydrogen (secondary N) is 1. The number of hydrogen-bond acceptors (Lipinski definition) is 3. The summed E-state index contributed by atoms with van der Waals surface area (Å²) in [5, 5.41) is 13.3. The minimum Gasteiger partial charge on any atom is -0.389 e. The van der Waals surface area contributed by atoms with E-state index in [1.165, 1.54) is 19.3 Å². The lowest BCUT2D eigenvalue weighted by Crippen LogP contribution is -2.44. The summed E-state index contributed by atoms with van der Waals surface area (Å²) < 4.78 is 5.40. The first kappa shape index (κ1) is 14.9. The van der Waals surface area contributed by atoms with E-state index >= 15 is 0 Å². The second-order valence-electron chi connectivity index (χ2n) is 5.82. The Morgan fingerprint density at radius 2 is 2.00 bits per heavy atom. The zero-order valence-electron chi connectivity index (χ0n) is 11.8. The fraction of sp³-hybridized carbons (Fsp3) is 1.00. The van der Waals surface area contributed by atoms with Crippen LogP contribution in [-0.2, 0) is 4.74 Å². The van der Waals surface area contributed by atoms with Crippen molar-refractivity contribution in [2.75, 3.05) is 13.2 Å². The molecule has 0 aromatic carbocycles. The predicted molar refractivity (Wildman–Crippen MR) is 71.1 cm³/mol. The van der Waals surface area contributed by atoms with Gasteiger partial charge < -0.3 is 15.2 Å². The summed E-state index contributed by atoms with van der Waals surface area (Å²) >= 11 is 0. The summed E-state index contributed by atoms with van der Waals surface area (Å²) in [6.45, 7) is 9.71. The molecule has 0 amide bonds. The lowest BCUT2D eigenvalue weighted by Gasteiger charge is -2.35. The van der Waals surface area contributed by atoms with Crippen LogP contribution < -0.4 is 5.32 Å². The van der Waals surface area contributed by atoms with E-state index in [1.807, 2.05) is 13.8 Å². The largest absolute Gasteiger partial charge is 0.389 e. The van der Waals surface area contributed by atoms with Gasteiger partial charge in [-0.2, -0.15) is 0 Å². The zero-order valence-corrected chi connectivity index (χ0v) is 11.8. The molecule has 1 saturated carbocycles. The highest BCUT2D eigenvalue weighted by Crippen LogP contribution is 2.29. The Kier molecular flexibility index (Phi) is 6.45. The fourth-order valence-corrected chi connectivity index (χ4v) is 2.52. The van der Waals surface area contributed by atoms with E-state index in [9.17, 15) is 5.11 Å². The molecule has 0 heterocycles. The Balaban J connectivity index is 2.20. The third-order valence-electron chi connectivity index (χ3n) is 3.94. The highest BCUT2D eigenvalue weighted by molar-refractivity contribution is 4.82. The Morgan fingerprint density at radius 1 is 1.29 bits per heavy atom. The molecule has 0 spiro atoms. The molecule has 3 heteroatoms. The summed E-state index contributed by atoms with van der Waals surface area (Å²) in [6, 6.07) is 0.562. The Morgan fingerprint density at radius 3 is 2.65 bits per heavy atom. The second kappa shape index (κ2) is 7.34. The standard InChI is InChI=1S/C14H29NO2/c1-10(2)17-9-13(16)8-15-14-7-5-6-11(3)12(14)4/h10-16H,5-9H2,1-4H3. The molecule has 0 aliphatic heterocycles. The van der Waals surface area contributed by atoms with Crippen molar-refractivity contribution in [3.05, 3.63) is 0 Å². The molecule has 0 radical (unpaired) electrons. The number of rotatable bonds is 6. The topological polar surface area (TPSA) is 41.5 Å². The van der Waals surface area contributed by atoms with Gasteiger partial charge in [-0.05, 0) is 32.1 Å². The Hall–Kier alpha value is -0.120. The summed E-state index contributed by atoms with van der Waals surface area (Å²) in [4.78, 5) is 0. The molecular weight excluding hydrogens is 214 g/mol. The third kappa shape index (κ3) is 5.36. The van der Waals surface area contributed by atoms with Gasteiger partial charge in [0.05, 0.1) is 18.8 Å². The Bertz CT molecular complexity index is 208. The summed E-state index contributed by atoms with van der Waals surface area (Å²) in [5.41, 5.74) is 0. The van der Waals surface area contributed by atoms with Gasteiger partial charge >= 0.3 is 0 Å². The molecule has 4 unspecified atom stereocenters. The van der Waals surface area contributed by atoms with E-state index in [0.717, 1.165) is 5.92 Å². The van der Waals surface area contributed by atoms with Crippen molar-refractivity contribution >= 4 is 0 Å². The maximum absolute atomic E-state index is 9.79. The molecule has 1 aliphatic rings. The highest BCUT2D eigenvalue weighted by Gasteiger charge is 2.26. The zero-order chi connectivity index (χ0) is 12.8. The molecule has 1 fully saturated rings. The predicted octanol–water partition coefficient (Wildman–Crippen LogP) is 2.19. The van der Waals surface area contributed by atoms with Gasteiger partial charge in [0.15, 0.2) is 0 Å². The third-order valence-corrected chi connectivity index (χ3v) is 3.94. The monoisotopic (exact) mass is 243 g/mol. The molecule has 17 heavy (non-hydrogen) atoms. The second-order valence-corrected chi connectivity index (χ2v) is 5.82. The molecule has 102 valence electrons. The van der Waals surface area contributed by atoms with Gasteiger partial charge in [0.2, 0.25) is 0 Å². The first-order valence-corrected chi connectivity index (χ1v) is 7.03. The van der Waals surface area contributed by atoms with E-state index in [1.54, 1.807) is 0 Å². The summed E-state index contributed by atoms with van der Waals surface area (Å²) in [7, 11) is 0. The van der Waals surface area contributed by atoms with Crippen LogP contribution in [0.15, 0.2) is 0 Å². The van der Waals surface area contributed by atoms with Crippen LogP contribution in [0.1, 0.15) is 47.0 Å². The molecule has 0 aromatic rings. The average molecular weight is 243 g/mol. The normalized spacial score (nSPS) is 31.8. The van der Waals surface area contributed by atoms with Crippen molar-refractivity contribution < 1.29 is 9.84 Å². The molecule has 1 rings (SSSR count). The van der Waals surface area contributed by atoms with Crippen molar-refractivity contribution in [2.24, 2.45) is 11.8 Å². The fourth-order valence-electron chi connectivity index (χ4n) is 2.52. The van der Waals surface area contributed by atoms with E-state index in [4.69, 9.17) is 4.74 Å². The quantitative estimate of drug-likeness (QED) is 0.751. The number of hydrogen-bond donors (Lipinski definition) is 2. The van der Waals surface area contributed by atoms with Crippen molar-refractivity contribution in [3.63, 3.8) is 0 Å². The van der Waals surface area contributed by atoms with Crippen LogP contribution in [0, 0.1) is 11.8 Å². The maximum Gasteiger partial charge on any atom is 0.0897 e. The van der Waals surface area contributed by atoms with Gasteiger partial charge in [-0.15, -0.1) is 0 Å². The molecule has 3 nitrogen and oxygen atoms in total. The van der Waals surface area contributed by atoms with Crippen LogP contribution in [0.5, 0.6) is 0 Å². The van der Waals surface area contributed by atoms with Gasteiger partial charge in [-0.1, -0.05) is 26.7 Å². The van der Waals surface area contributed by atoms with Crippen LogP contribution in [0.4, 0.5) is 0 Å². The molecule has 0 saturated heterocycles. The smallest absolute Gasteiger partial charge is 0.0897 e. The molecular formula is C14H29NO2. The molecule has 0 bridgehead atoms. The highest BCUT2D eigenvalue weighted by atomic mass is 16.5. The van der Waals surface area contributed by atoms with Gasteiger partial charge in [-0.25, -0.2) is 0 Å². The maximum atomic E-state index is 9.79. The van der Waals surface area contributed by atoms with Crippen molar-refractivity contribution in [3.8, 4) is 0 Å². The van der Waals surface area contributed by atoms with Gasteiger partial charge in [0.25, 0.3) is 0 Å². The van der Waals surface area contributed by atoms with Crippen LogP contribution in [0.2, 0.25) is 0 Å². The SMILES string of the molecule is CC(C)OCC(O)CNC1CCCC(C)C1C. The van der Waals surface area contributed by atoms with Gasteiger partial charge in [0.1, 0.15) is 0 Å². The first-order valence-electron chi connectivity index (χ1n) is 7.03. The lowest BCUT2D eigenvalue weighted by atomic mass is 9.78. The average Bonchev–Trinajstić information content (AvgIpc) is 2.28. The molecule has 0 aromatic heterocycles. The molecule has 2 N–H and O–H groups in total. The van der Waals surface area contributed by atoms with E-state index in [2.05, 4.69) is 19.2 Å². The van der Waals surface area contributed by atoms with Crippen LogP contribution in [0.3, 0.4) is 0 Å². The van der Waals surface area contributed by atoms with Crippen LogP contribution >= 0.6 is 0 Å². The summed E-state index contributed by atoms with van der Waals surface area (Å²) in [6.07, 6.45) is 3.70. The Labute approximate surface area is 106 Å². The van der Waals surface area contributed by atoms with Gasteiger partial charge in [-0.3, -0.25) is 0 Å². The molecule has 1 aliphatic carbocycles. The number of aliphatic hydroxyl groups excluding tert-OH is 1. The first-order chi connectivity index (χ1) is 8.00. The minimum absolute atomic E-state index is 0.193.